The number of rotatable bonds is 6. The third-order valence-electron chi connectivity index (χ3n) is 3.69. The molecule has 110 valence electrons. The summed E-state index contributed by atoms with van der Waals surface area (Å²) >= 11 is 5.41. The van der Waals surface area contributed by atoms with Crippen LogP contribution in [0.5, 0.6) is 0 Å². The largest absolute Gasteiger partial charge is 0.312 e. The minimum absolute atomic E-state index is 0.324. The maximum atomic E-state index is 4.69. The Bertz CT molecular complexity index is 542. The summed E-state index contributed by atoms with van der Waals surface area (Å²) in [6.45, 7) is 6.52. The molecule has 2 rings (SSSR count). The molecule has 0 aliphatic rings. The van der Waals surface area contributed by atoms with Crippen molar-refractivity contribution < 1.29 is 0 Å². The molecule has 3 nitrogen and oxygen atoms in total. The molecule has 0 spiro atoms. The smallest absolute Gasteiger partial charge is 0.0731 e. The fourth-order valence-corrected chi connectivity index (χ4v) is 3.81. The SMILES string of the molecule is CCC(C)n1ccc(CC(NC)c2cc(C)c(Br)s2)n1. The second-order valence-electron chi connectivity index (χ2n) is 5.20. The number of likely N-dealkylation sites (N-methyl/N-ethyl adjacent to an activating group) is 1. The summed E-state index contributed by atoms with van der Waals surface area (Å²) in [5.41, 5.74) is 2.45. The Kier molecular flexibility index (Phi) is 5.41. The molecule has 0 saturated heterocycles. The standard InChI is InChI=1S/C15H22BrN3S/c1-5-11(3)19-7-6-12(18-19)9-13(17-4)14-8-10(2)15(16)20-14/h6-8,11,13,17H,5,9H2,1-4H3. The van der Waals surface area contributed by atoms with Crippen molar-refractivity contribution in [3.63, 3.8) is 0 Å². The normalized spacial score (nSPS) is 14.4. The highest BCUT2D eigenvalue weighted by atomic mass is 79.9. The van der Waals surface area contributed by atoms with Crippen molar-refractivity contribution in [2.75, 3.05) is 7.05 Å². The summed E-state index contributed by atoms with van der Waals surface area (Å²) < 4.78 is 3.29. The van der Waals surface area contributed by atoms with Crippen molar-refractivity contribution in [1.82, 2.24) is 15.1 Å². The quantitative estimate of drug-likeness (QED) is 0.827. The average molecular weight is 356 g/mol. The lowest BCUT2D eigenvalue weighted by Gasteiger charge is -2.13. The van der Waals surface area contributed by atoms with Crippen LogP contribution in [0.2, 0.25) is 0 Å². The summed E-state index contributed by atoms with van der Waals surface area (Å²) in [6, 6.07) is 5.17. The van der Waals surface area contributed by atoms with E-state index in [1.54, 1.807) is 11.3 Å². The molecule has 2 aromatic heterocycles. The predicted octanol–water partition coefficient (Wildman–Crippen LogP) is 4.49. The van der Waals surface area contributed by atoms with Crippen LogP contribution in [-0.2, 0) is 6.42 Å². The van der Waals surface area contributed by atoms with E-state index >= 15 is 0 Å². The predicted molar refractivity (Wildman–Crippen MR) is 89.5 cm³/mol. The second-order valence-corrected chi connectivity index (χ2v) is 7.60. The average Bonchev–Trinajstić information content (AvgIpc) is 3.03. The van der Waals surface area contributed by atoms with Crippen molar-refractivity contribution >= 4 is 27.3 Å². The van der Waals surface area contributed by atoms with E-state index in [9.17, 15) is 0 Å². The molecule has 0 aromatic carbocycles. The first-order valence-corrected chi connectivity index (χ1v) is 8.63. The Balaban J connectivity index is 2.12. The van der Waals surface area contributed by atoms with Crippen LogP contribution < -0.4 is 5.32 Å². The van der Waals surface area contributed by atoms with Gasteiger partial charge in [-0.15, -0.1) is 11.3 Å². The first-order valence-electron chi connectivity index (χ1n) is 7.02. The number of halogens is 1. The maximum Gasteiger partial charge on any atom is 0.0731 e. The van der Waals surface area contributed by atoms with Gasteiger partial charge in [0, 0.05) is 29.6 Å². The van der Waals surface area contributed by atoms with Crippen LogP contribution in [0.4, 0.5) is 0 Å². The number of thiophene rings is 1. The lowest BCUT2D eigenvalue weighted by molar-refractivity contribution is 0.469. The third kappa shape index (κ3) is 3.51. The van der Waals surface area contributed by atoms with Gasteiger partial charge in [-0.1, -0.05) is 6.92 Å². The van der Waals surface area contributed by atoms with Gasteiger partial charge in [0.1, 0.15) is 0 Å². The topological polar surface area (TPSA) is 29.9 Å². The number of nitrogens with zero attached hydrogens (tertiary/aromatic N) is 2. The Morgan fingerprint density at radius 1 is 1.50 bits per heavy atom. The van der Waals surface area contributed by atoms with Crippen molar-refractivity contribution in [2.45, 2.75) is 45.7 Å². The van der Waals surface area contributed by atoms with E-state index in [1.165, 1.54) is 14.2 Å². The van der Waals surface area contributed by atoms with Crippen molar-refractivity contribution in [2.24, 2.45) is 0 Å². The van der Waals surface area contributed by atoms with E-state index in [-0.39, 0.29) is 0 Å². The molecule has 0 fully saturated rings. The highest BCUT2D eigenvalue weighted by Crippen LogP contribution is 2.32. The molecule has 0 aliphatic carbocycles. The van der Waals surface area contributed by atoms with Gasteiger partial charge >= 0.3 is 0 Å². The van der Waals surface area contributed by atoms with Crippen LogP contribution in [0.25, 0.3) is 0 Å². The Hall–Kier alpha value is -0.650. The maximum absolute atomic E-state index is 4.69. The molecule has 0 bridgehead atoms. The van der Waals surface area contributed by atoms with Crippen molar-refractivity contribution in [1.29, 1.82) is 0 Å². The second kappa shape index (κ2) is 6.87. The zero-order valence-corrected chi connectivity index (χ0v) is 14.9. The summed E-state index contributed by atoms with van der Waals surface area (Å²) in [4.78, 5) is 1.36. The van der Waals surface area contributed by atoms with Gasteiger partial charge in [0.2, 0.25) is 0 Å². The first-order chi connectivity index (χ1) is 9.55. The van der Waals surface area contributed by atoms with Gasteiger partial charge in [-0.25, -0.2) is 0 Å². The summed E-state index contributed by atoms with van der Waals surface area (Å²) in [6.07, 6.45) is 4.12. The van der Waals surface area contributed by atoms with E-state index in [1.807, 2.05) is 7.05 Å². The highest BCUT2D eigenvalue weighted by molar-refractivity contribution is 9.11. The van der Waals surface area contributed by atoms with Crippen molar-refractivity contribution in [3.05, 3.63) is 38.3 Å². The molecule has 2 heterocycles. The van der Waals surface area contributed by atoms with E-state index in [0.29, 0.717) is 12.1 Å². The van der Waals surface area contributed by atoms with Gasteiger partial charge in [-0.2, -0.15) is 5.10 Å². The van der Waals surface area contributed by atoms with Crippen LogP contribution >= 0.6 is 27.3 Å². The molecular formula is C15H22BrN3S. The molecular weight excluding hydrogens is 334 g/mol. The van der Waals surface area contributed by atoms with Gasteiger partial charge in [-0.05, 0) is 60.9 Å². The van der Waals surface area contributed by atoms with Gasteiger partial charge in [0.05, 0.1) is 9.48 Å². The molecule has 5 heteroatoms. The molecule has 0 radical (unpaired) electrons. The van der Waals surface area contributed by atoms with Crippen LogP contribution in [0.3, 0.4) is 0 Å². The molecule has 2 atom stereocenters. The minimum atomic E-state index is 0.324. The van der Waals surface area contributed by atoms with Gasteiger partial charge in [0.25, 0.3) is 0 Å². The third-order valence-corrected chi connectivity index (χ3v) is 5.94. The molecule has 2 aromatic rings. The van der Waals surface area contributed by atoms with E-state index in [0.717, 1.165) is 18.5 Å². The summed E-state index contributed by atoms with van der Waals surface area (Å²) in [5, 5.41) is 8.09. The number of hydrogen-bond acceptors (Lipinski definition) is 3. The number of hydrogen-bond donors (Lipinski definition) is 1. The van der Waals surface area contributed by atoms with Crippen LogP contribution in [0.15, 0.2) is 22.1 Å². The van der Waals surface area contributed by atoms with E-state index in [2.05, 4.69) is 65.0 Å². The molecule has 20 heavy (non-hydrogen) atoms. The molecule has 1 N–H and O–H groups in total. The number of nitrogens with one attached hydrogen (secondary N) is 1. The number of aryl methyl sites for hydroxylation is 1. The van der Waals surface area contributed by atoms with Crippen molar-refractivity contribution in [3.8, 4) is 0 Å². The Labute approximate surface area is 133 Å². The van der Waals surface area contributed by atoms with Crippen LogP contribution in [0, 0.1) is 6.92 Å². The zero-order valence-electron chi connectivity index (χ0n) is 12.5. The zero-order chi connectivity index (χ0) is 14.7. The monoisotopic (exact) mass is 355 g/mol. The molecule has 0 saturated carbocycles. The van der Waals surface area contributed by atoms with Crippen LogP contribution in [-0.4, -0.2) is 16.8 Å². The van der Waals surface area contributed by atoms with E-state index < -0.39 is 0 Å². The highest BCUT2D eigenvalue weighted by Gasteiger charge is 2.16. The van der Waals surface area contributed by atoms with Gasteiger partial charge < -0.3 is 5.32 Å². The summed E-state index contributed by atoms with van der Waals surface area (Å²) in [7, 11) is 2.01. The molecule has 0 amide bonds. The molecule has 0 aliphatic heterocycles. The first kappa shape index (κ1) is 15.7. The van der Waals surface area contributed by atoms with E-state index in [4.69, 9.17) is 5.10 Å². The van der Waals surface area contributed by atoms with Crippen LogP contribution in [0.1, 0.15) is 48.5 Å². The lowest BCUT2D eigenvalue weighted by Crippen LogP contribution is -2.18. The Morgan fingerprint density at radius 3 is 2.80 bits per heavy atom. The number of aromatic nitrogens is 2. The lowest BCUT2D eigenvalue weighted by atomic mass is 10.1. The Morgan fingerprint density at radius 2 is 2.25 bits per heavy atom. The summed E-state index contributed by atoms with van der Waals surface area (Å²) in [5.74, 6) is 0. The van der Waals surface area contributed by atoms with Gasteiger partial charge in [0.15, 0.2) is 0 Å². The molecule has 2 unspecified atom stereocenters. The van der Waals surface area contributed by atoms with Gasteiger partial charge in [-0.3, -0.25) is 4.68 Å². The fourth-order valence-electron chi connectivity index (χ4n) is 2.13. The fraction of sp³-hybridized carbons (Fsp3) is 0.533. The minimum Gasteiger partial charge on any atom is -0.312 e.